The van der Waals surface area contributed by atoms with Gasteiger partial charge in [0.2, 0.25) is 0 Å². The Labute approximate surface area is 103 Å². The summed E-state index contributed by atoms with van der Waals surface area (Å²) in [6.45, 7) is 1.65. The molecular weight excluding hydrogens is 236 g/mol. The number of nitrogens with zero attached hydrogens (tertiary/aromatic N) is 4. The predicted octanol–water partition coefficient (Wildman–Crippen LogP) is 0.502. The summed E-state index contributed by atoms with van der Waals surface area (Å²) in [5, 5.41) is 13.3. The van der Waals surface area contributed by atoms with Gasteiger partial charge < -0.3 is 9.84 Å². The number of rotatable bonds is 3. The van der Waals surface area contributed by atoms with Gasteiger partial charge in [0.1, 0.15) is 6.33 Å². The van der Waals surface area contributed by atoms with Crippen molar-refractivity contribution >= 4 is 5.97 Å². The quantitative estimate of drug-likeness (QED) is 0.795. The second-order valence-corrected chi connectivity index (χ2v) is 3.63. The average Bonchev–Trinajstić information content (AvgIpc) is 2.87. The molecule has 2 heterocycles. The first-order valence-electron chi connectivity index (χ1n) is 5.26. The van der Waals surface area contributed by atoms with Crippen molar-refractivity contribution in [1.82, 2.24) is 19.7 Å². The third-order valence-electron chi connectivity index (χ3n) is 2.35. The van der Waals surface area contributed by atoms with Gasteiger partial charge in [0.05, 0.1) is 13.2 Å². The number of carbonyl (C=O) groups excluding carboxylic acids is 1. The number of methoxy groups -OCH3 is 1. The summed E-state index contributed by atoms with van der Waals surface area (Å²) in [5.41, 5.74) is 0.701. The smallest absolute Gasteiger partial charge is 0.377 e. The molecule has 2 aromatic rings. The molecule has 0 spiro atoms. The third kappa shape index (κ3) is 2.35. The molecule has 0 saturated carbocycles. The van der Waals surface area contributed by atoms with Crippen LogP contribution in [-0.2, 0) is 4.74 Å². The molecule has 0 unspecified atom stereocenters. The number of aliphatic hydroxyl groups excluding tert-OH is 1. The lowest BCUT2D eigenvalue weighted by Gasteiger charge is -2.04. The molecule has 0 aliphatic rings. The van der Waals surface area contributed by atoms with Crippen LogP contribution in [0.5, 0.6) is 0 Å². The van der Waals surface area contributed by atoms with Gasteiger partial charge in [-0.1, -0.05) is 6.07 Å². The van der Waals surface area contributed by atoms with Crippen LogP contribution < -0.4 is 0 Å². The molecule has 2 aromatic heterocycles. The molecule has 0 saturated heterocycles. The molecule has 0 bridgehead atoms. The van der Waals surface area contributed by atoms with E-state index in [2.05, 4.69) is 19.8 Å². The van der Waals surface area contributed by atoms with Gasteiger partial charge in [-0.2, -0.15) is 0 Å². The molecule has 0 aliphatic heterocycles. The molecule has 94 valence electrons. The zero-order valence-electron chi connectivity index (χ0n) is 9.94. The molecule has 0 radical (unpaired) electrons. The maximum atomic E-state index is 11.2. The van der Waals surface area contributed by atoms with Crippen LogP contribution in [0.4, 0.5) is 0 Å². The molecule has 7 heteroatoms. The maximum absolute atomic E-state index is 11.2. The Balaban J connectivity index is 2.26. The first-order chi connectivity index (χ1) is 8.61. The van der Waals surface area contributed by atoms with E-state index in [4.69, 9.17) is 0 Å². The predicted molar refractivity (Wildman–Crippen MR) is 61.1 cm³/mol. The SMILES string of the molecule is COC(=O)c1ncn(-c2ccc([C@H](C)O)cn2)n1. The van der Waals surface area contributed by atoms with Gasteiger partial charge >= 0.3 is 5.97 Å². The molecule has 0 fully saturated rings. The molecule has 1 N–H and O–H groups in total. The highest BCUT2D eigenvalue weighted by atomic mass is 16.5. The van der Waals surface area contributed by atoms with E-state index in [-0.39, 0.29) is 5.82 Å². The monoisotopic (exact) mass is 248 g/mol. The molecule has 2 rings (SSSR count). The van der Waals surface area contributed by atoms with Crippen LogP contribution in [0.2, 0.25) is 0 Å². The third-order valence-corrected chi connectivity index (χ3v) is 2.35. The molecule has 7 nitrogen and oxygen atoms in total. The van der Waals surface area contributed by atoms with Gasteiger partial charge in [0, 0.05) is 6.20 Å². The Morgan fingerprint density at radius 2 is 2.22 bits per heavy atom. The van der Waals surface area contributed by atoms with Crippen LogP contribution in [0.1, 0.15) is 29.2 Å². The van der Waals surface area contributed by atoms with Crippen LogP contribution in [-0.4, -0.2) is 37.9 Å². The molecule has 0 amide bonds. The van der Waals surface area contributed by atoms with Gasteiger partial charge in [-0.05, 0) is 18.6 Å². The summed E-state index contributed by atoms with van der Waals surface area (Å²) in [7, 11) is 1.26. The van der Waals surface area contributed by atoms with Crippen molar-refractivity contribution < 1.29 is 14.6 Å². The number of pyridine rings is 1. The van der Waals surface area contributed by atoms with Gasteiger partial charge in [-0.25, -0.2) is 19.4 Å². The highest BCUT2D eigenvalue weighted by molar-refractivity contribution is 5.84. The molecular formula is C11H12N4O3. The number of hydrogen-bond acceptors (Lipinski definition) is 6. The Hall–Kier alpha value is -2.28. The van der Waals surface area contributed by atoms with Crippen molar-refractivity contribution in [2.75, 3.05) is 7.11 Å². The van der Waals surface area contributed by atoms with E-state index in [0.717, 1.165) is 0 Å². The van der Waals surface area contributed by atoms with E-state index in [1.165, 1.54) is 18.1 Å². The van der Waals surface area contributed by atoms with E-state index >= 15 is 0 Å². The lowest BCUT2D eigenvalue weighted by Crippen LogP contribution is -2.06. The number of aliphatic hydroxyl groups is 1. The Morgan fingerprint density at radius 3 is 2.78 bits per heavy atom. The average molecular weight is 248 g/mol. The van der Waals surface area contributed by atoms with E-state index in [1.807, 2.05) is 0 Å². The summed E-state index contributed by atoms with van der Waals surface area (Å²) in [6.07, 6.45) is 2.34. The van der Waals surface area contributed by atoms with Crippen molar-refractivity contribution in [3.8, 4) is 5.82 Å². The topological polar surface area (TPSA) is 90.1 Å². The first kappa shape index (κ1) is 12.2. The number of esters is 1. The minimum absolute atomic E-state index is 0.0288. The maximum Gasteiger partial charge on any atom is 0.377 e. The second-order valence-electron chi connectivity index (χ2n) is 3.63. The van der Waals surface area contributed by atoms with Crippen molar-refractivity contribution in [2.45, 2.75) is 13.0 Å². The Kier molecular flexibility index (Phi) is 3.33. The van der Waals surface area contributed by atoms with E-state index < -0.39 is 12.1 Å². The fourth-order valence-corrected chi connectivity index (χ4v) is 1.34. The Morgan fingerprint density at radius 1 is 1.44 bits per heavy atom. The largest absolute Gasteiger partial charge is 0.463 e. The number of aromatic nitrogens is 4. The Bertz CT molecular complexity index is 548. The summed E-state index contributed by atoms with van der Waals surface area (Å²) < 4.78 is 5.86. The normalized spacial score (nSPS) is 12.2. The number of ether oxygens (including phenoxy) is 1. The summed E-state index contributed by atoms with van der Waals surface area (Å²) >= 11 is 0. The highest BCUT2D eigenvalue weighted by Gasteiger charge is 2.12. The van der Waals surface area contributed by atoms with Crippen molar-refractivity contribution in [3.05, 3.63) is 36.0 Å². The minimum atomic E-state index is -0.602. The number of hydrogen-bond donors (Lipinski definition) is 1. The second kappa shape index (κ2) is 4.92. The van der Waals surface area contributed by atoms with Crippen LogP contribution in [0.25, 0.3) is 5.82 Å². The van der Waals surface area contributed by atoms with Gasteiger partial charge in [-0.3, -0.25) is 0 Å². The molecule has 18 heavy (non-hydrogen) atoms. The standard InChI is InChI=1S/C11H12N4O3/c1-7(16)8-3-4-9(12-5-8)15-6-13-10(14-15)11(17)18-2/h3-7,16H,1-2H3/t7-/m0/s1. The van der Waals surface area contributed by atoms with Crippen molar-refractivity contribution in [1.29, 1.82) is 0 Å². The lowest BCUT2D eigenvalue weighted by atomic mass is 10.2. The zero-order valence-corrected chi connectivity index (χ0v) is 9.94. The van der Waals surface area contributed by atoms with Crippen LogP contribution in [0, 0.1) is 0 Å². The number of carbonyl (C=O) groups is 1. The summed E-state index contributed by atoms with van der Waals surface area (Å²) in [5.74, 6) is -0.129. The van der Waals surface area contributed by atoms with Crippen LogP contribution in [0.15, 0.2) is 24.7 Å². The fourth-order valence-electron chi connectivity index (χ4n) is 1.34. The van der Waals surface area contributed by atoms with Crippen molar-refractivity contribution in [3.63, 3.8) is 0 Å². The van der Waals surface area contributed by atoms with Crippen LogP contribution in [0.3, 0.4) is 0 Å². The van der Waals surface area contributed by atoms with Gasteiger partial charge in [0.15, 0.2) is 5.82 Å². The van der Waals surface area contributed by atoms with Crippen LogP contribution >= 0.6 is 0 Å². The van der Waals surface area contributed by atoms with Gasteiger partial charge in [0.25, 0.3) is 5.82 Å². The molecule has 0 aromatic carbocycles. The highest BCUT2D eigenvalue weighted by Crippen LogP contribution is 2.12. The fraction of sp³-hybridized carbons (Fsp3) is 0.273. The van der Waals surface area contributed by atoms with E-state index in [0.29, 0.717) is 11.4 Å². The summed E-state index contributed by atoms with van der Waals surface area (Å²) in [4.78, 5) is 19.1. The van der Waals surface area contributed by atoms with Crippen molar-refractivity contribution in [2.24, 2.45) is 0 Å². The van der Waals surface area contributed by atoms with E-state index in [1.54, 1.807) is 25.3 Å². The summed E-state index contributed by atoms with van der Waals surface area (Å²) in [6, 6.07) is 3.41. The zero-order chi connectivity index (χ0) is 13.1. The minimum Gasteiger partial charge on any atom is -0.463 e. The lowest BCUT2D eigenvalue weighted by molar-refractivity contribution is 0.0587. The van der Waals surface area contributed by atoms with Gasteiger partial charge in [-0.15, -0.1) is 5.10 Å². The van der Waals surface area contributed by atoms with E-state index in [9.17, 15) is 9.90 Å². The first-order valence-corrected chi connectivity index (χ1v) is 5.26. The molecule has 0 aliphatic carbocycles. The molecule has 1 atom stereocenters.